The fraction of sp³-hybridized carbons (Fsp3) is 0.310. The number of carbonyl (C=O) groups excluding carboxylic acids is 2. The Morgan fingerprint density at radius 3 is 2.25 bits per heavy atom. The molecule has 0 spiro atoms. The second kappa shape index (κ2) is 11.8. The molecular formula is C29H30Cl2N2O3. The van der Waals surface area contributed by atoms with Gasteiger partial charge in [-0.1, -0.05) is 77.8 Å². The Balaban J connectivity index is 1.55. The van der Waals surface area contributed by atoms with Crippen molar-refractivity contribution in [3.8, 4) is 5.75 Å². The van der Waals surface area contributed by atoms with Crippen molar-refractivity contribution >= 4 is 35.0 Å². The van der Waals surface area contributed by atoms with Gasteiger partial charge < -0.3 is 14.5 Å². The van der Waals surface area contributed by atoms with Crippen LogP contribution in [-0.2, 0) is 11.3 Å². The summed E-state index contributed by atoms with van der Waals surface area (Å²) in [4.78, 5) is 30.4. The monoisotopic (exact) mass is 524 g/mol. The van der Waals surface area contributed by atoms with E-state index in [1.165, 1.54) is 0 Å². The van der Waals surface area contributed by atoms with Crippen molar-refractivity contribution in [2.24, 2.45) is 5.41 Å². The summed E-state index contributed by atoms with van der Waals surface area (Å²) >= 11 is 12.7. The number of hydrogen-bond acceptors (Lipinski definition) is 3. The molecule has 1 fully saturated rings. The van der Waals surface area contributed by atoms with Crippen molar-refractivity contribution in [3.63, 3.8) is 0 Å². The summed E-state index contributed by atoms with van der Waals surface area (Å²) in [6, 6.07) is 24.5. The summed E-state index contributed by atoms with van der Waals surface area (Å²) in [6.45, 7) is 1.79. The maximum Gasteiger partial charge on any atom is 0.256 e. The number of ether oxygens (including phenoxy) is 1. The minimum atomic E-state index is -0.542. The zero-order chi connectivity index (χ0) is 25.5. The van der Waals surface area contributed by atoms with Gasteiger partial charge >= 0.3 is 0 Å². The lowest BCUT2D eigenvalue weighted by molar-refractivity contribution is -0.134. The molecule has 1 aliphatic heterocycles. The number of carbonyl (C=O) groups is 2. The van der Waals surface area contributed by atoms with Crippen molar-refractivity contribution in [2.75, 3.05) is 26.7 Å². The molecule has 0 unspecified atom stereocenters. The molecule has 7 heteroatoms. The highest BCUT2D eigenvalue weighted by molar-refractivity contribution is 6.39. The molecule has 3 aromatic carbocycles. The van der Waals surface area contributed by atoms with Crippen LogP contribution in [0.1, 0.15) is 35.2 Å². The summed E-state index contributed by atoms with van der Waals surface area (Å²) < 4.78 is 6.17. The van der Waals surface area contributed by atoms with Gasteiger partial charge in [0.15, 0.2) is 0 Å². The highest BCUT2D eigenvalue weighted by Crippen LogP contribution is 2.37. The molecule has 0 N–H and O–H groups in total. The molecule has 4 rings (SSSR count). The zero-order valence-electron chi connectivity index (χ0n) is 20.3. The van der Waals surface area contributed by atoms with Crippen LogP contribution in [-0.4, -0.2) is 48.4 Å². The number of hydrogen-bond donors (Lipinski definition) is 0. The predicted octanol–water partition coefficient (Wildman–Crippen LogP) is 6.34. The molecular weight excluding hydrogens is 495 g/mol. The largest absolute Gasteiger partial charge is 0.493 e. The maximum atomic E-state index is 13.5. The van der Waals surface area contributed by atoms with E-state index in [1.54, 1.807) is 28.0 Å². The highest BCUT2D eigenvalue weighted by Gasteiger charge is 2.41. The van der Waals surface area contributed by atoms with E-state index in [-0.39, 0.29) is 18.2 Å². The number of nitrogens with zero attached hydrogens (tertiary/aromatic N) is 2. The fourth-order valence-corrected chi connectivity index (χ4v) is 5.27. The molecule has 1 heterocycles. The highest BCUT2D eigenvalue weighted by atomic mass is 35.5. The molecule has 1 aliphatic rings. The third kappa shape index (κ3) is 6.40. The first-order chi connectivity index (χ1) is 17.4. The number of benzene rings is 3. The van der Waals surface area contributed by atoms with Gasteiger partial charge in [0.2, 0.25) is 5.91 Å². The van der Waals surface area contributed by atoms with E-state index < -0.39 is 5.41 Å². The van der Waals surface area contributed by atoms with Crippen molar-refractivity contribution in [2.45, 2.75) is 25.8 Å². The molecule has 1 atom stereocenters. The van der Waals surface area contributed by atoms with E-state index in [1.807, 2.05) is 67.7 Å². The molecule has 2 amide bonds. The summed E-state index contributed by atoms with van der Waals surface area (Å²) in [5, 5.41) is 0.644. The van der Waals surface area contributed by atoms with Gasteiger partial charge in [0.1, 0.15) is 5.75 Å². The standard InChI is InChI=1S/C29H30Cl2N2O3/c1-32(19-22-10-4-2-5-11-22)26(34)18-29(21-36-23-12-6-3-7-13-23)16-9-17-33(20-29)28(35)27-24(30)14-8-15-25(27)31/h2-8,10-15H,9,16-21H2,1H3/t29-/m1/s1. The lowest BCUT2D eigenvalue weighted by Gasteiger charge is -2.43. The van der Waals surface area contributed by atoms with E-state index in [2.05, 4.69) is 0 Å². The van der Waals surface area contributed by atoms with Gasteiger partial charge in [-0.05, 0) is 42.7 Å². The second-order valence-corrected chi connectivity index (χ2v) is 10.3. The van der Waals surface area contributed by atoms with Crippen LogP contribution in [0.2, 0.25) is 10.0 Å². The molecule has 188 valence electrons. The SMILES string of the molecule is CN(Cc1ccccc1)C(=O)C[C@]1(COc2ccccc2)CCCN(C(=O)c2c(Cl)cccc2Cl)C1. The summed E-state index contributed by atoms with van der Waals surface area (Å²) in [5.41, 5.74) is 0.823. The summed E-state index contributed by atoms with van der Waals surface area (Å²) in [7, 11) is 1.82. The fourth-order valence-electron chi connectivity index (χ4n) is 4.71. The molecule has 0 saturated carbocycles. The van der Waals surface area contributed by atoms with Gasteiger partial charge in [-0.2, -0.15) is 0 Å². The van der Waals surface area contributed by atoms with Gasteiger partial charge in [0, 0.05) is 38.5 Å². The molecule has 0 bridgehead atoms. The first-order valence-electron chi connectivity index (χ1n) is 12.1. The lowest BCUT2D eigenvalue weighted by atomic mass is 9.77. The van der Waals surface area contributed by atoms with Crippen molar-refractivity contribution < 1.29 is 14.3 Å². The third-order valence-corrected chi connectivity index (χ3v) is 7.26. The Bertz CT molecular complexity index is 1170. The molecule has 36 heavy (non-hydrogen) atoms. The third-order valence-electron chi connectivity index (χ3n) is 6.63. The Kier molecular flexibility index (Phi) is 8.55. The number of likely N-dealkylation sites (tertiary alicyclic amines) is 1. The van der Waals surface area contributed by atoms with Crippen LogP contribution in [0.5, 0.6) is 5.75 Å². The summed E-state index contributed by atoms with van der Waals surface area (Å²) in [5.74, 6) is 0.527. The lowest BCUT2D eigenvalue weighted by Crippen LogP contribution is -2.50. The van der Waals surface area contributed by atoms with Crippen LogP contribution in [0, 0.1) is 5.41 Å². The molecule has 1 saturated heterocycles. The molecule has 0 aliphatic carbocycles. The Morgan fingerprint density at radius 2 is 1.58 bits per heavy atom. The van der Waals surface area contributed by atoms with Crippen molar-refractivity contribution in [1.82, 2.24) is 9.80 Å². The first kappa shape index (κ1) is 26.1. The Hall–Kier alpha value is -3.02. The second-order valence-electron chi connectivity index (χ2n) is 9.44. The number of halogens is 2. The maximum absolute atomic E-state index is 13.5. The normalized spacial score (nSPS) is 17.5. The number of amides is 2. The summed E-state index contributed by atoms with van der Waals surface area (Å²) in [6.07, 6.45) is 1.79. The smallest absolute Gasteiger partial charge is 0.256 e. The van der Waals surface area contributed by atoms with E-state index in [9.17, 15) is 9.59 Å². The van der Waals surface area contributed by atoms with Crippen molar-refractivity contribution in [1.29, 1.82) is 0 Å². The van der Waals surface area contributed by atoms with E-state index in [0.29, 0.717) is 41.8 Å². The van der Waals surface area contributed by atoms with E-state index in [4.69, 9.17) is 27.9 Å². The van der Waals surface area contributed by atoms with E-state index >= 15 is 0 Å². The molecule has 5 nitrogen and oxygen atoms in total. The van der Waals surface area contributed by atoms with Gasteiger partial charge in [0.25, 0.3) is 5.91 Å². The molecule has 3 aromatic rings. The molecule has 0 aromatic heterocycles. The van der Waals surface area contributed by atoms with Gasteiger partial charge in [-0.3, -0.25) is 9.59 Å². The van der Waals surface area contributed by atoms with Crippen molar-refractivity contribution in [3.05, 3.63) is 100 Å². The van der Waals surface area contributed by atoms with Crippen LogP contribution in [0.15, 0.2) is 78.9 Å². The number of rotatable bonds is 8. The number of piperidine rings is 1. The van der Waals surface area contributed by atoms with Gasteiger partial charge in [-0.25, -0.2) is 0 Å². The minimum absolute atomic E-state index is 0.0144. The average Bonchev–Trinajstić information content (AvgIpc) is 2.88. The van der Waals surface area contributed by atoms with Crippen LogP contribution < -0.4 is 4.74 Å². The van der Waals surface area contributed by atoms with Crippen LogP contribution >= 0.6 is 23.2 Å². The number of para-hydroxylation sites is 1. The van der Waals surface area contributed by atoms with E-state index in [0.717, 1.165) is 24.2 Å². The quantitative estimate of drug-likeness (QED) is 0.345. The zero-order valence-corrected chi connectivity index (χ0v) is 21.8. The minimum Gasteiger partial charge on any atom is -0.493 e. The van der Waals surface area contributed by atoms with Gasteiger partial charge in [-0.15, -0.1) is 0 Å². The Morgan fingerprint density at radius 1 is 0.944 bits per heavy atom. The Labute approximate surface area is 222 Å². The van der Waals surface area contributed by atoms with Crippen LogP contribution in [0.3, 0.4) is 0 Å². The van der Waals surface area contributed by atoms with Crippen LogP contribution in [0.4, 0.5) is 0 Å². The predicted molar refractivity (Wildman–Crippen MR) is 144 cm³/mol. The average molecular weight is 525 g/mol. The molecule has 0 radical (unpaired) electrons. The first-order valence-corrected chi connectivity index (χ1v) is 12.8. The topological polar surface area (TPSA) is 49.9 Å². The van der Waals surface area contributed by atoms with Gasteiger partial charge in [0.05, 0.1) is 22.2 Å². The van der Waals surface area contributed by atoms with Crippen LogP contribution in [0.25, 0.3) is 0 Å².